The van der Waals surface area contributed by atoms with Crippen molar-refractivity contribution in [1.29, 1.82) is 0 Å². The first-order chi connectivity index (χ1) is 9.24. The lowest BCUT2D eigenvalue weighted by Gasteiger charge is -2.34. The summed E-state index contributed by atoms with van der Waals surface area (Å²) in [6, 6.07) is 6.92. The van der Waals surface area contributed by atoms with Crippen LogP contribution in [0.25, 0.3) is 0 Å². The van der Waals surface area contributed by atoms with Crippen LogP contribution in [-0.2, 0) is 6.54 Å². The van der Waals surface area contributed by atoms with Gasteiger partial charge in [-0.25, -0.2) is 0 Å². The van der Waals surface area contributed by atoms with Gasteiger partial charge in [-0.05, 0) is 56.0 Å². The minimum Gasteiger partial charge on any atom is -0.372 e. The van der Waals surface area contributed by atoms with Gasteiger partial charge in [0.15, 0.2) is 0 Å². The van der Waals surface area contributed by atoms with Gasteiger partial charge in [-0.15, -0.1) is 0 Å². The fourth-order valence-electron chi connectivity index (χ4n) is 3.15. The second-order valence-electron chi connectivity index (χ2n) is 5.86. The number of nitrogens with zero attached hydrogens (tertiary/aromatic N) is 1. The lowest BCUT2D eigenvalue weighted by atomic mass is 9.92. The molecule has 106 valence electrons. The molecule has 1 heterocycles. The first-order valence-electron chi connectivity index (χ1n) is 7.73. The summed E-state index contributed by atoms with van der Waals surface area (Å²) < 4.78 is 0. The first-order valence-corrected chi connectivity index (χ1v) is 7.73. The summed E-state index contributed by atoms with van der Waals surface area (Å²) in [4.78, 5) is 2.56. The van der Waals surface area contributed by atoms with E-state index in [9.17, 15) is 0 Å². The zero-order valence-electron chi connectivity index (χ0n) is 12.7. The van der Waals surface area contributed by atoms with Gasteiger partial charge >= 0.3 is 0 Å². The molecule has 0 amide bonds. The maximum Gasteiger partial charge on any atom is 0.0369 e. The second-order valence-corrected chi connectivity index (χ2v) is 5.86. The number of rotatable bonds is 5. The van der Waals surface area contributed by atoms with Gasteiger partial charge in [0.05, 0.1) is 0 Å². The van der Waals surface area contributed by atoms with Crippen molar-refractivity contribution in [2.75, 3.05) is 25.0 Å². The van der Waals surface area contributed by atoms with Gasteiger partial charge in [0.2, 0.25) is 0 Å². The molecule has 1 aromatic rings. The first kappa shape index (κ1) is 14.4. The molecule has 0 radical (unpaired) electrons. The van der Waals surface area contributed by atoms with Gasteiger partial charge in [0.1, 0.15) is 0 Å². The Morgan fingerprint density at radius 1 is 1.26 bits per heavy atom. The van der Waals surface area contributed by atoms with Crippen molar-refractivity contribution in [3.8, 4) is 0 Å². The van der Waals surface area contributed by atoms with Crippen molar-refractivity contribution in [2.24, 2.45) is 5.92 Å². The van der Waals surface area contributed by atoms with E-state index >= 15 is 0 Å². The van der Waals surface area contributed by atoms with Crippen LogP contribution in [0, 0.1) is 12.8 Å². The topological polar surface area (TPSA) is 15.3 Å². The Kier molecular flexibility index (Phi) is 5.26. The van der Waals surface area contributed by atoms with Crippen molar-refractivity contribution in [1.82, 2.24) is 5.32 Å². The fraction of sp³-hybridized carbons (Fsp3) is 0.647. The number of hydrogen-bond acceptors (Lipinski definition) is 2. The Hall–Kier alpha value is -1.02. The van der Waals surface area contributed by atoms with E-state index in [4.69, 9.17) is 0 Å². The summed E-state index contributed by atoms with van der Waals surface area (Å²) >= 11 is 0. The third-order valence-corrected chi connectivity index (χ3v) is 4.37. The minimum atomic E-state index is 0.963. The molecule has 1 aliphatic heterocycles. The van der Waals surface area contributed by atoms with Crippen LogP contribution in [0.2, 0.25) is 0 Å². The number of nitrogens with one attached hydrogen (secondary N) is 1. The van der Waals surface area contributed by atoms with Gasteiger partial charge in [0.25, 0.3) is 0 Å². The standard InChI is InChI=1S/C17H28N2/c1-4-5-15-8-10-19(11-9-15)17-7-6-16(13-18-3)14(2)12-17/h6-7,12,15,18H,4-5,8-11,13H2,1-3H3. The monoisotopic (exact) mass is 260 g/mol. The van der Waals surface area contributed by atoms with Crippen LogP contribution in [-0.4, -0.2) is 20.1 Å². The van der Waals surface area contributed by atoms with E-state index in [1.165, 1.54) is 55.6 Å². The Morgan fingerprint density at radius 2 is 2.00 bits per heavy atom. The molecular weight excluding hydrogens is 232 g/mol. The summed E-state index contributed by atoms with van der Waals surface area (Å²) in [5, 5.41) is 3.23. The van der Waals surface area contributed by atoms with Crippen LogP contribution in [0.1, 0.15) is 43.7 Å². The number of hydrogen-bond donors (Lipinski definition) is 1. The SMILES string of the molecule is CCCC1CCN(c2ccc(CNC)c(C)c2)CC1. The summed E-state index contributed by atoms with van der Waals surface area (Å²) in [5.41, 5.74) is 4.22. The predicted octanol–water partition coefficient (Wildman–Crippen LogP) is 3.73. The average molecular weight is 260 g/mol. The van der Waals surface area contributed by atoms with E-state index in [-0.39, 0.29) is 0 Å². The highest BCUT2D eigenvalue weighted by Gasteiger charge is 2.18. The quantitative estimate of drug-likeness (QED) is 0.868. The smallest absolute Gasteiger partial charge is 0.0369 e. The van der Waals surface area contributed by atoms with Crippen molar-refractivity contribution < 1.29 is 0 Å². The van der Waals surface area contributed by atoms with Crippen LogP contribution in [0.5, 0.6) is 0 Å². The largest absolute Gasteiger partial charge is 0.372 e. The molecule has 0 bridgehead atoms. The number of anilines is 1. The van der Waals surface area contributed by atoms with E-state index in [2.05, 4.69) is 42.3 Å². The van der Waals surface area contributed by atoms with E-state index in [0.29, 0.717) is 0 Å². The molecule has 2 rings (SSSR count). The van der Waals surface area contributed by atoms with Crippen molar-refractivity contribution in [3.63, 3.8) is 0 Å². The zero-order chi connectivity index (χ0) is 13.7. The van der Waals surface area contributed by atoms with Crippen LogP contribution in [0.4, 0.5) is 5.69 Å². The summed E-state index contributed by atoms with van der Waals surface area (Å²) in [5.74, 6) is 0.964. The molecule has 0 spiro atoms. The maximum absolute atomic E-state index is 3.23. The molecule has 1 N–H and O–H groups in total. The normalized spacial score (nSPS) is 16.9. The third-order valence-electron chi connectivity index (χ3n) is 4.37. The highest BCUT2D eigenvalue weighted by atomic mass is 15.1. The Balaban J connectivity index is 1.97. The van der Waals surface area contributed by atoms with Gasteiger partial charge in [-0.1, -0.05) is 25.8 Å². The Bertz CT molecular complexity index is 392. The summed E-state index contributed by atoms with van der Waals surface area (Å²) in [6.45, 7) is 7.95. The van der Waals surface area contributed by atoms with Gasteiger partial charge < -0.3 is 10.2 Å². The molecule has 0 unspecified atom stereocenters. The molecule has 2 nitrogen and oxygen atoms in total. The Labute approximate surface area is 118 Å². The molecule has 1 aromatic carbocycles. The lowest BCUT2D eigenvalue weighted by Crippen LogP contribution is -2.33. The predicted molar refractivity (Wildman–Crippen MR) is 83.8 cm³/mol. The molecular formula is C17H28N2. The van der Waals surface area contributed by atoms with Crippen LogP contribution in [0.15, 0.2) is 18.2 Å². The molecule has 1 saturated heterocycles. The van der Waals surface area contributed by atoms with Crippen molar-refractivity contribution in [3.05, 3.63) is 29.3 Å². The highest BCUT2D eigenvalue weighted by molar-refractivity contribution is 5.51. The number of aryl methyl sites for hydroxylation is 1. The van der Waals surface area contributed by atoms with Crippen molar-refractivity contribution >= 4 is 5.69 Å². The molecule has 19 heavy (non-hydrogen) atoms. The van der Waals surface area contributed by atoms with E-state index in [1.807, 2.05) is 7.05 Å². The molecule has 0 aromatic heterocycles. The molecule has 0 saturated carbocycles. The lowest BCUT2D eigenvalue weighted by molar-refractivity contribution is 0.378. The molecule has 0 atom stereocenters. The fourth-order valence-corrected chi connectivity index (χ4v) is 3.15. The second kappa shape index (κ2) is 6.95. The molecule has 0 aliphatic carbocycles. The van der Waals surface area contributed by atoms with Gasteiger partial charge in [0, 0.05) is 25.3 Å². The van der Waals surface area contributed by atoms with E-state index < -0.39 is 0 Å². The number of benzene rings is 1. The van der Waals surface area contributed by atoms with Crippen LogP contribution < -0.4 is 10.2 Å². The summed E-state index contributed by atoms with van der Waals surface area (Å²) in [7, 11) is 2.01. The third kappa shape index (κ3) is 3.73. The molecule has 1 aliphatic rings. The van der Waals surface area contributed by atoms with Crippen molar-refractivity contribution in [2.45, 2.75) is 46.1 Å². The minimum absolute atomic E-state index is 0.963. The summed E-state index contributed by atoms with van der Waals surface area (Å²) in [6.07, 6.45) is 5.48. The van der Waals surface area contributed by atoms with Gasteiger partial charge in [-0.3, -0.25) is 0 Å². The van der Waals surface area contributed by atoms with Gasteiger partial charge in [-0.2, -0.15) is 0 Å². The number of piperidine rings is 1. The van der Waals surface area contributed by atoms with E-state index in [0.717, 1.165) is 12.5 Å². The molecule has 2 heteroatoms. The van der Waals surface area contributed by atoms with E-state index in [1.54, 1.807) is 0 Å². The van der Waals surface area contributed by atoms with Crippen LogP contribution in [0.3, 0.4) is 0 Å². The average Bonchev–Trinajstić information content (AvgIpc) is 2.43. The van der Waals surface area contributed by atoms with Crippen LogP contribution >= 0.6 is 0 Å². The Morgan fingerprint density at radius 3 is 2.58 bits per heavy atom. The maximum atomic E-state index is 3.23. The zero-order valence-corrected chi connectivity index (χ0v) is 12.7. The highest BCUT2D eigenvalue weighted by Crippen LogP contribution is 2.27. The molecule has 1 fully saturated rings.